The number of likely N-dealkylation sites (tertiary alicyclic amines) is 1. The zero-order valence-electron chi connectivity index (χ0n) is 14.9. The molecule has 1 amide bonds. The van der Waals surface area contributed by atoms with Gasteiger partial charge < -0.3 is 14.1 Å². The molecule has 1 saturated heterocycles. The number of fused-ring (bicyclic) bond motifs is 1. The van der Waals surface area contributed by atoms with Gasteiger partial charge in [-0.05, 0) is 49.8 Å². The number of nitrogens with zero attached hydrogens (tertiary/aromatic N) is 1. The number of carbonyl (C=O) groups excluding carboxylic acids is 1. The van der Waals surface area contributed by atoms with E-state index in [0.29, 0.717) is 5.92 Å². The summed E-state index contributed by atoms with van der Waals surface area (Å²) in [6.07, 6.45) is 5.77. The lowest BCUT2D eigenvalue weighted by Crippen LogP contribution is -2.38. The summed E-state index contributed by atoms with van der Waals surface area (Å²) in [5.41, 5.74) is 3.74. The van der Waals surface area contributed by atoms with E-state index in [0.717, 1.165) is 52.9 Å². The number of ether oxygens (including phenoxy) is 1. The van der Waals surface area contributed by atoms with E-state index < -0.39 is 0 Å². The van der Waals surface area contributed by atoms with Crippen LogP contribution in [0.4, 0.5) is 0 Å². The zero-order chi connectivity index (χ0) is 17.3. The Balaban J connectivity index is 1.93. The van der Waals surface area contributed by atoms with Gasteiger partial charge in [-0.25, -0.2) is 0 Å². The van der Waals surface area contributed by atoms with Crippen LogP contribution in [0.5, 0.6) is 5.75 Å². The number of aryl methyl sites for hydroxylation is 1. The van der Waals surface area contributed by atoms with Crippen LogP contribution >= 0.6 is 0 Å². The summed E-state index contributed by atoms with van der Waals surface area (Å²) in [6.45, 7) is 7.88. The van der Waals surface area contributed by atoms with Crippen molar-refractivity contribution in [3.63, 3.8) is 0 Å². The van der Waals surface area contributed by atoms with Crippen LogP contribution in [0.2, 0.25) is 0 Å². The highest BCUT2D eigenvalue weighted by atomic mass is 16.5. The number of furan rings is 1. The fraction of sp³-hybridized carbons (Fsp3) is 0.450. The van der Waals surface area contributed by atoms with E-state index in [1.54, 1.807) is 19.4 Å². The predicted molar refractivity (Wildman–Crippen MR) is 96.1 cm³/mol. The molecule has 4 nitrogen and oxygen atoms in total. The average molecular weight is 327 g/mol. The second-order valence-corrected chi connectivity index (χ2v) is 6.83. The molecule has 1 atom stereocenters. The van der Waals surface area contributed by atoms with Gasteiger partial charge in [0.25, 0.3) is 0 Å². The maximum absolute atomic E-state index is 12.6. The van der Waals surface area contributed by atoms with Gasteiger partial charge in [-0.1, -0.05) is 6.92 Å². The van der Waals surface area contributed by atoms with E-state index in [2.05, 4.69) is 6.92 Å². The molecule has 0 radical (unpaired) electrons. The van der Waals surface area contributed by atoms with Gasteiger partial charge in [-0.2, -0.15) is 0 Å². The van der Waals surface area contributed by atoms with Crippen molar-refractivity contribution >= 4 is 22.4 Å². The van der Waals surface area contributed by atoms with Crippen LogP contribution in [0.1, 0.15) is 37.8 Å². The number of methoxy groups -OCH3 is 1. The summed E-state index contributed by atoms with van der Waals surface area (Å²) in [5, 5.41) is 1.05. The number of piperidine rings is 1. The molecule has 3 rings (SSSR count). The molecule has 1 aromatic carbocycles. The standard InChI is InChI=1S/C20H25NO3/c1-13-6-5-7-21(11-13)20(22)8-14(2)16-9-17-15(3)12-24-19(17)10-18(16)23-4/h8-10,12-13H,5-7,11H2,1-4H3/b14-8+. The van der Waals surface area contributed by atoms with Crippen LogP contribution in [0.25, 0.3) is 16.5 Å². The summed E-state index contributed by atoms with van der Waals surface area (Å²) in [7, 11) is 1.64. The van der Waals surface area contributed by atoms with E-state index >= 15 is 0 Å². The van der Waals surface area contributed by atoms with E-state index in [1.165, 1.54) is 6.42 Å². The van der Waals surface area contributed by atoms with Crippen molar-refractivity contribution in [2.24, 2.45) is 5.92 Å². The fourth-order valence-electron chi connectivity index (χ4n) is 3.40. The van der Waals surface area contributed by atoms with E-state index in [1.807, 2.05) is 30.9 Å². The van der Waals surface area contributed by atoms with Gasteiger partial charge in [0, 0.05) is 36.2 Å². The van der Waals surface area contributed by atoms with Crippen molar-refractivity contribution < 1.29 is 13.9 Å². The lowest BCUT2D eigenvalue weighted by atomic mass is 9.99. The Bertz CT molecular complexity index is 788. The summed E-state index contributed by atoms with van der Waals surface area (Å²) < 4.78 is 11.0. The number of allylic oxidation sites excluding steroid dienone is 1. The Labute approximate surface area is 143 Å². The Morgan fingerprint density at radius 1 is 1.42 bits per heavy atom. The Kier molecular flexibility index (Phi) is 4.65. The lowest BCUT2D eigenvalue weighted by Gasteiger charge is -2.30. The average Bonchev–Trinajstić information content (AvgIpc) is 2.94. The molecule has 1 aliphatic heterocycles. The van der Waals surface area contributed by atoms with Gasteiger partial charge in [0.05, 0.1) is 13.4 Å². The molecule has 2 aromatic rings. The molecule has 0 aliphatic carbocycles. The minimum absolute atomic E-state index is 0.0881. The molecule has 24 heavy (non-hydrogen) atoms. The molecule has 1 aliphatic rings. The summed E-state index contributed by atoms with van der Waals surface area (Å²) in [6, 6.07) is 3.94. The summed E-state index contributed by atoms with van der Waals surface area (Å²) >= 11 is 0. The molecule has 0 bridgehead atoms. The van der Waals surface area contributed by atoms with Crippen LogP contribution in [0, 0.1) is 12.8 Å². The molecule has 128 valence electrons. The molecule has 1 unspecified atom stereocenters. The van der Waals surface area contributed by atoms with Crippen molar-refractivity contribution in [3.05, 3.63) is 35.6 Å². The second-order valence-electron chi connectivity index (χ2n) is 6.83. The largest absolute Gasteiger partial charge is 0.496 e. The van der Waals surface area contributed by atoms with Crippen molar-refractivity contribution in [1.29, 1.82) is 0 Å². The highest BCUT2D eigenvalue weighted by Crippen LogP contribution is 2.33. The third kappa shape index (κ3) is 3.18. The van der Waals surface area contributed by atoms with Crippen molar-refractivity contribution in [3.8, 4) is 5.75 Å². The maximum Gasteiger partial charge on any atom is 0.246 e. The Morgan fingerprint density at radius 2 is 2.21 bits per heavy atom. The molecule has 4 heteroatoms. The first kappa shape index (κ1) is 16.6. The minimum Gasteiger partial charge on any atom is -0.496 e. The number of hydrogen-bond donors (Lipinski definition) is 0. The molecular weight excluding hydrogens is 302 g/mol. The number of rotatable bonds is 3. The van der Waals surface area contributed by atoms with Gasteiger partial charge in [-0.15, -0.1) is 0 Å². The molecule has 2 heterocycles. The van der Waals surface area contributed by atoms with Crippen LogP contribution in [0.3, 0.4) is 0 Å². The highest BCUT2D eigenvalue weighted by molar-refractivity contribution is 5.97. The van der Waals surface area contributed by atoms with Gasteiger partial charge in [-0.3, -0.25) is 4.79 Å². The monoisotopic (exact) mass is 327 g/mol. The number of amides is 1. The fourth-order valence-corrected chi connectivity index (χ4v) is 3.40. The molecular formula is C20H25NO3. The lowest BCUT2D eigenvalue weighted by molar-refractivity contribution is -0.127. The Hall–Kier alpha value is -2.23. The molecule has 1 aromatic heterocycles. The highest BCUT2D eigenvalue weighted by Gasteiger charge is 2.20. The smallest absolute Gasteiger partial charge is 0.246 e. The van der Waals surface area contributed by atoms with E-state index in [4.69, 9.17) is 9.15 Å². The quantitative estimate of drug-likeness (QED) is 0.784. The number of hydrogen-bond acceptors (Lipinski definition) is 3. The predicted octanol–water partition coefficient (Wildman–Crippen LogP) is 4.41. The van der Waals surface area contributed by atoms with Crippen molar-refractivity contribution in [2.75, 3.05) is 20.2 Å². The third-order valence-corrected chi connectivity index (χ3v) is 4.82. The van der Waals surface area contributed by atoms with Crippen LogP contribution < -0.4 is 4.74 Å². The number of carbonyl (C=O) groups is 1. The van der Waals surface area contributed by atoms with Gasteiger partial charge in [0.2, 0.25) is 5.91 Å². The van der Waals surface area contributed by atoms with Gasteiger partial charge in [0.15, 0.2) is 0 Å². The first-order valence-electron chi connectivity index (χ1n) is 8.53. The van der Waals surface area contributed by atoms with Gasteiger partial charge >= 0.3 is 0 Å². The molecule has 0 spiro atoms. The SMILES string of the molecule is COc1cc2occ(C)c2cc1/C(C)=C/C(=O)N1CCCC(C)C1. The van der Waals surface area contributed by atoms with Crippen LogP contribution in [-0.4, -0.2) is 31.0 Å². The van der Waals surface area contributed by atoms with Crippen LogP contribution in [-0.2, 0) is 4.79 Å². The second kappa shape index (κ2) is 6.71. The van der Waals surface area contributed by atoms with E-state index in [9.17, 15) is 4.79 Å². The number of benzene rings is 1. The van der Waals surface area contributed by atoms with Crippen molar-refractivity contribution in [2.45, 2.75) is 33.6 Å². The zero-order valence-corrected chi connectivity index (χ0v) is 14.9. The molecule has 0 N–H and O–H groups in total. The Morgan fingerprint density at radius 3 is 2.92 bits per heavy atom. The normalized spacial score (nSPS) is 18.9. The van der Waals surface area contributed by atoms with Crippen molar-refractivity contribution in [1.82, 2.24) is 4.90 Å². The maximum atomic E-state index is 12.6. The minimum atomic E-state index is 0.0881. The first-order chi connectivity index (χ1) is 11.5. The van der Waals surface area contributed by atoms with Crippen LogP contribution in [0.15, 0.2) is 28.9 Å². The molecule has 0 saturated carbocycles. The summed E-state index contributed by atoms with van der Waals surface area (Å²) in [4.78, 5) is 14.5. The molecule has 1 fully saturated rings. The summed E-state index contributed by atoms with van der Waals surface area (Å²) in [5.74, 6) is 1.39. The van der Waals surface area contributed by atoms with Gasteiger partial charge in [0.1, 0.15) is 11.3 Å². The third-order valence-electron chi connectivity index (χ3n) is 4.82. The first-order valence-corrected chi connectivity index (χ1v) is 8.53. The topological polar surface area (TPSA) is 42.7 Å². The van der Waals surface area contributed by atoms with E-state index in [-0.39, 0.29) is 5.91 Å².